The number of nitrogens with two attached hydrogens (primary N) is 1. The fourth-order valence-electron chi connectivity index (χ4n) is 2.10. The van der Waals surface area contributed by atoms with E-state index in [2.05, 4.69) is 26.1 Å². The van der Waals surface area contributed by atoms with Crippen LogP contribution in [0.25, 0.3) is 0 Å². The molecule has 0 aromatic carbocycles. The Bertz CT molecular complexity index is 176. The maximum Gasteiger partial charge on any atom is 0.109 e. The van der Waals surface area contributed by atoms with E-state index in [1.165, 1.54) is 51.4 Å². The zero-order chi connectivity index (χ0) is 14.3. The van der Waals surface area contributed by atoms with E-state index in [9.17, 15) is 0 Å². The molecular formula is C16H36N2O. The van der Waals surface area contributed by atoms with E-state index in [4.69, 9.17) is 10.5 Å². The minimum atomic E-state index is 0.0588. The Morgan fingerprint density at radius 2 is 1.42 bits per heavy atom. The molecule has 0 bridgehead atoms. The molecule has 2 unspecified atom stereocenters. The maximum atomic E-state index is 5.87. The van der Waals surface area contributed by atoms with Crippen molar-refractivity contribution >= 4 is 0 Å². The highest BCUT2D eigenvalue weighted by Gasteiger charge is 2.08. The Balaban J connectivity index is 3.31. The van der Waals surface area contributed by atoms with Crippen LogP contribution in [-0.4, -0.2) is 19.0 Å². The molecule has 0 radical (unpaired) electrons. The van der Waals surface area contributed by atoms with E-state index in [0.29, 0.717) is 0 Å². The third-order valence-electron chi connectivity index (χ3n) is 3.53. The van der Waals surface area contributed by atoms with Gasteiger partial charge in [0.05, 0.1) is 6.17 Å². The molecule has 0 fully saturated rings. The zero-order valence-electron chi connectivity index (χ0n) is 13.4. The molecule has 0 aliphatic heterocycles. The Morgan fingerprint density at radius 3 is 1.95 bits per heavy atom. The van der Waals surface area contributed by atoms with Gasteiger partial charge < -0.3 is 10.5 Å². The van der Waals surface area contributed by atoms with Gasteiger partial charge in [-0.05, 0) is 19.3 Å². The van der Waals surface area contributed by atoms with Gasteiger partial charge in [-0.3, -0.25) is 5.32 Å². The lowest BCUT2D eigenvalue weighted by Gasteiger charge is -2.21. The van der Waals surface area contributed by atoms with Crippen LogP contribution in [0.1, 0.15) is 85.0 Å². The number of nitrogens with one attached hydrogen (secondary N) is 1. The molecule has 3 heteroatoms. The van der Waals surface area contributed by atoms with Crippen LogP contribution < -0.4 is 11.1 Å². The molecule has 0 spiro atoms. The molecule has 116 valence electrons. The van der Waals surface area contributed by atoms with Crippen LogP contribution >= 0.6 is 0 Å². The Kier molecular flexibility index (Phi) is 14.2. The summed E-state index contributed by atoms with van der Waals surface area (Å²) in [7, 11) is 0. The first-order chi connectivity index (χ1) is 9.24. The third-order valence-corrected chi connectivity index (χ3v) is 3.53. The second-order valence-corrected chi connectivity index (χ2v) is 5.42. The molecule has 0 aliphatic carbocycles. The van der Waals surface area contributed by atoms with Crippen molar-refractivity contribution in [2.75, 3.05) is 6.61 Å². The van der Waals surface area contributed by atoms with E-state index >= 15 is 0 Å². The molecule has 0 saturated carbocycles. The lowest BCUT2D eigenvalue weighted by Crippen LogP contribution is -2.44. The SMILES string of the molecule is CCCCCCCCCCOC(CC)NC(N)CC. The molecule has 0 aliphatic rings. The summed E-state index contributed by atoms with van der Waals surface area (Å²) < 4.78 is 5.82. The van der Waals surface area contributed by atoms with Crippen LogP contribution in [0.4, 0.5) is 0 Å². The van der Waals surface area contributed by atoms with E-state index in [1.54, 1.807) is 0 Å². The molecule has 0 aromatic rings. The second-order valence-electron chi connectivity index (χ2n) is 5.42. The lowest BCUT2D eigenvalue weighted by atomic mass is 10.1. The molecular weight excluding hydrogens is 236 g/mol. The average Bonchev–Trinajstić information content (AvgIpc) is 2.43. The van der Waals surface area contributed by atoms with Crippen LogP contribution in [0.5, 0.6) is 0 Å². The molecule has 0 rings (SSSR count). The topological polar surface area (TPSA) is 47.3 Å². The number of rotatable bonds is 14. The number of ether oxygens (including phenoxy) is 1. The summed E-state index contributed by atoms with van der Waals surface area (Å²) in [5, 5.41) is 3.30. The van der Waals surface area contributed by atoms with Gasteiger partial charge in [0.15, 0.2) is 0 Å². The summed E-state index contributed by atoms with van der Waals surface area (Å²) in [5.74, 6) is 0. The van der Waals surface area contributed by atoms with Gasteiger partial charge >= 0.3 is 0 Å². The highest BCUT2D eigenvalue weighted by molar-refractivity contribution is 4.60. The van der Waals surface area contributed by atoms with Crippen molar-refractivity contribution in [3.63, 3.8) is 0 Å². The van der Waals surface area contributed by atoms with Crippen LogP contribution in [0.15, 0.2) is 0 Å². The molecule has 2 atom stereocenters. The summed E-state index contributed by atoms with van der Waals surface area (Å²) in [5.41, 5.74) is 5.87. The summed E-state index contributed by atoms with van der Waals surface area (Å²) in [6, 6.07) is 0. The first kappa shape index (κ1) is 18.9. The quantitative estimate of drug-likeness (QED) is 0.368. The standard InChI is InChI=1S/C16H36N2O/c1-4-7-8-9-10-11-12-13-14-19-16(6-3)18-15(17)5-2/h15-16,18H,4-14,17H2,1-3H3. The minimum Gasteiger partial charge on any atom is -0.363 e. The lowest BCUT2D eigenvalue weighted by molar-refractivity contribution is 0.0169. The van der Waals surface area contributed by atoms with Crippen molar-refractivity contribution < 1.29 is 4.74 Å². The first-order valence-corrected chi connectivity index (χ1v) is 8.37. The van der Waals surface area contributed by atoms with Crippen molar-refractivity contribution in [3.8, 4) is 0 Å². The summed E-state index contributed by atoms with van der Waals surface area (Å²) in [4.78, 5) is 0. The van der Waals surface area contributed by atoms with Gasteiger partial charge in [0.2, 0.25) is 0 Å². The van der Waals surface area contributed by atoms with E-state index in [-0.39, 0.29) is 12.4 Å². The molecule has 19 heavy (non-hydrogen) atoms. The van der Waals surface area contributed by atoms with Crippen LogP contribution in [-0.2, 0) is 4.74 Å². The average molecular weight is 272 g/mol. The highest BCUT2D eigenvalue weighted by Crippen LogP contribution is 2.08. The van der Waals surface area contributed by atoms with Crippen molar-refractivity contribution in [1.29, 1.82) is 0 Å². The summed E-state index contributed by atoms with van der Waals surface area (Å²) in [6.07, 6.45) is 12.8. The second kappa shape index (κ2) is 14.3. The molecule has 3 nitrogen and oxygen atoms in total. The van der Waals surface area contributed by atoms with Crippen LogP contribution in [0.3, 0.4) is 0 Å². The van der Waals surface area contributed by atoms with E-state index in [0.717, 1.165) is 19.4 Å². The van der Waals surface area contributed by atoms with Gasteiger partial charge in [0.25, 0.3) is 0 Å². The number of hydrogen-bond donors (Lipinski definition) is 2. The fraction of sp³-hybridized carbons (Fsp3) is 1.00. The largest absolute Gasteiger partial charge is 0.363 e. The van der Waals surface area contributed by atoms with Crippen LogP contribution in [0.2, 0.25) is 0 Å². The maximum absolute atomic E-state index is 5.87. The fourth-order valence-corrected chi connectivity index (χ4v) is 2.10. The monoisotopic (exact) mass is 272 g/mol. The van der Waals surface area contributed by atoms with Gasteiger partial charge in [-0.2, -0.15) is 0 Å². The van der Waals surface area contributed by atoms with Crippen LogP contribution in [0, 0.1) is 0 Å². The normalized spacial score (nSPS) is 14.5. The smallest absolute Gasteiger partial charge is 0.109 e. The van der Waals surface area contributed by atoms with Gasteiger partial charge in [0, 0.05) is 6.61 Å². The summed E-state index contributed by atoms with van der Waals surface area (Å²) in [6.45, 7) is 7.34. The number of unbranched alkanes of at least 4 members (excludes halogenated alkanes) is 7. The Labute approximate surface area is 120 Å². The van der Waals surface area contributed by atoms with Gasteiger partial charge in [-0.25, -0.2) is 0 Å². The van der Waals surface area contributed by atoms with E-state index in [1.807, 2.05) is 0 Å². The minimum absolute atomic E-state index is 0.0588. The van der Waals surface area contributed by atoms with Crippen molar-refractivity contribution in [1.82, 2.24) is 5.32 Å². The Morgan fingerprint density at radius 1 is 0.842 bits per heavy atom. The van der Waals surface area contributed by atoms with Gasteiger partial charge in [-0.1, -0.05) is 65.7 Å². The Hall–Kier alpha value is -0.120. The highest BCUT2D eigenvalue weighted by atomic mass is 16.5. The summed E-state index contributed by atoms with van der Waals surface area (Å²) >= 11 is 0. The molecule has 0 aromatic heterocycles. The van der Waals surface area contributed by atoms with E-state index < -0.39 is 0 Å². The number of hydrogen-bond acceptors (Lipinski definition) is 3. The van der Waals surface area contributed by atoms with Crippen molar-refractivity contribution in [2.24, 2.45) is 5.73 Å². The van der Waals surface area contributed by atoms with Gasteiger partial charge in [0.1, 0.15) is 6.23 Å². The van der Waals surface area contributed by atoms with Crippen molar-refractivity contribution in [2.45, 2.75) is 97.4 Å². The predicted octanol–water partition coefficient (Wildman–Crippen LogP) is 4.16. The first-order valence-electron chi connectivity index (χ1n) is 8.37. The zero-order valence-corrected chi connectivity index (χ0v) is 13.4. The van der Waals surface area contributed by atoms with Gasteiger partial charge in [-0.15, -0.1) is 0 Å². The van der Waals surface area contributed by atoms with Crippen molar-refractivity contribution in [3.05, 3.63) is 0 Å². The third kappa shape index (κ3) is 12.6. The molecule has 0 amide bonds. The predicted molar refractivity (Wildman–Crippen MR) is 84.0 cm³/mol. The molecule has 3 N–H and O–H groups in total. The molecule has 0 saturated heterocycles. The molecule has 0 heterocycles.